The molecule has 9 heteroatoms. The molecule has 0 radical (unpaired) electrons. The van der Waals surface area contributed by atoms with Crippen LogP contribution in [0.1, 0.15) is 15.9 Å². The summed E-state index contributed by atoms with van der Waals surface area (Å²) >= 11 is 0. The number of pyridine rings is 1. The van der Waals surface area contributed by atoms with E-state index in [0.717, 1.165) is 37.4 Å². The number of carbonyl (C=O) groups is 1. The second kappa shape index (κ2) is 10.2. The van der Waals surface area contributed by atoms with E-state index in [0.29, 0.717) is 29.0 Å². The number of piperazine rings is 1. The average Bonchev–Trinajstić information content (AvgIpc) is 2.91. The van der Waals surface area contributed by atoms with Crippen LogP contribution in [0.15, 0.2) is 71.8 Å². The van der Waals surface area contributed by atoms with Gasteiger partial charge in [-0.25, -0.2) is 9.97 Å². The second-order valence-corrected chi connectivity index (χ2v) is 8.96. The molecule has 1 saturated heterocycles. The lowest BCUT2D eigenvalue weighted by Crippen LogP contribution is -2.44. The number of nitrogens with one attached hydrogen (secondary N) is 2. The lowest BCUT2D eigenvalue weighted by molar-refractivity contribution is 0.0964. The third-order valence-electron chi connectivity index (χ3n) is 6.48. The Balaban J connectivity index is 1.43. The number of hydrogen-bond acceptors (Lipinski definition) is 7. The summed E-state index contributed by atoms with van der Waals surface area (Å²) in [7, 11) is 3.70. The summed E-state index contributed by atoms with van der Waals surface area (Å²) in [5.74, 6) is 0.00296. The molecular formula is C27H29N7O2. The maximum atomic E-state index is 13.2. The Hall–Kier alpha value is -4.24. The van der Waals surface area contributed by atoms with Gasteiger partial charge in [0.1, 0.15) is 0 Å². The van der Waals surface area contributed by atoms with Crippen molar-refractivity contribution in [3.8, 4) is 0 Å². The highest BCUT2D eigenvalue weighted by Crippen LogP contribution is 2.22. The molecule has 0 spiro atoms. The molecule has 184 valence electrons. The summed E-state index contributed by atoms with van der Waals surface area (Å²) in [6.45, 7) is 4.44. The molecular weight excluding hydrogens is 454 g/mol. The van der Waals surface area contributed by atoms with Crippen LogP contribution in [0.2, 0.25) is 0 Å². The first-order chi connectivity index (χ1) is 17.5. The summed E-state index contributed by atoms with van der Waals surface area (Å²) in [4.78, 5) is 39.5. The average molecular weight is 484 g/mol. The quantitative estimate of drug-likeness (QED) is 0.435. The molecule has 36 heavy (non-hydrogen) atoms. The van der Waals surface area contributed by atoms with Gasteiger partial charge in [-0.2, -0.15) is 0 Å². The van der Waals surface area contributed by atoms with Gasteiger partial charge in [0.25, 0.3) is 11.5 Å². The largest absolute Gasteiger partial charge is 0.369 e. The van der Waals surface area contributed by atoms with Crippen LogP contribution in [0, 0.1) is 0 Å². The zero-order valence-corrected chi connectivity index (χ0v) is 20.4. The lowest BCUT2D eigenvalue weighted by atomic mass is 10.1. The minimum Gasteiger partial charge on any atom is -0.369 e. The highest BCUT2D eigenvalue weighted by atomic mass is 16.2. The Morgan fingerprint density at radius 3 is 2.42 bits per heavy atom. The number of likely N-dealkylation sites (N-methyl/N-ethyl adjacent to an activating group) is 1. The van der Waals surface area contributed by atoms with Crippen molar-refractivity contribution >= 4 is 34.1 Å². The zero-order valence-electron chi connectivity index (χ0n) is 20.4. The lowest BCUT2D eigenvalue weighted by Gasteiger charge is -2.34. The van der Waals surface area contributed by atoms with Crippen molar-refractivity contribution in [3.63, 3.8) is 0 Å². The van der Waals surface area contributed by atoms with Crippen molar-refractivity contribution < 1.29 is 4.79 Å². The van der Waals surface area contributed by atoms with Gasteiger partial charge < -0.3 is 25.0 Å². The molecule has 2 aromatic carbocycles. The van der Waals surface area contributed by atoms with Crippen LogP contribution in [0.25, 0.3) is 10.9 Å². The Morgan fingerprint density at radius 2 is 1.72 bits per heavy atom. The monoisotopic (exact) mass is 483 g/mol. The first kappa shape index (κ1) is 23.5. The maximum absolute atomic E-state index is 13.2. The molecule has 1 amide bonds. The summed E-state index contributed by atoms with van der Waals surface area (Å²) < 4.78 is 1.52. The fourth-order valence-corrected chi connectivity index (χ4v) is 4.38. The third kappa shape index (κ3) is 4.92. The minimum atomic E-state index is -0.317. The minimum absolute atomic E-state index is 0.246. The molecule has 0 unspecified atom stereocenters. The van der Waals surface area contributed by atoms with E-state index in [1.807, 2.05) is 42.5 Å². The number of aromatic nitrogens is 3. The van der Waals surface area contributed by atoms with Crippen LogP contribution < -0.4 is 21.1 Å². The summed E-state index contributed by atoms with van der Waals surface area (Å²) in [6, 6.07) is 17.8. The van der Waals surface area contributed by atoms with Gasteiger partial charge in [-0.05, 0) is 36.9 Å². The number of carbonyl (C=O) groups excluding carboxylic acids is 1. The van der Waals surface area contributed by atoms with Crippen molar-refractivity contribution in [1.82, 2.24) is 24.8 Å². The van der Waals surface area contributed by atoms with Gasteiger partial charge in [-0.15, -0.1) is 0 Å². The standard InChI is InChI=1S/C27H29N7O2/c1-28-25(35)23-18-34(17-19-6-4-3-5-7-19)26(36)22-16-29-27(31-24(22)23)30-20-8-10-21(11-9-20)33-14-12-32(2)13-15-33/h3-11,16,18H,12-15,17H2,1-2H3,(H,28,35)(H,29,30,31). The normalized spacial score (nSPS) is 14.1. The molecule has 1 aliphatic heterocycles. The fraction of sp³-hybridized carbons (Fsp3) is 0.259. The molecule has 3 heterocycles. The first-order valence-corrected chi connectivity index (χ1v) is 12.0. The van der Waals surface area contributed by atoms with Crippen LogP contribution >= 0.6 is 0 Å². The number of hydrogen-bond donors (Lipinski definition) is 2. The molecule has 2 aromatic heterocycles. The van der Waals surface area contributed by atoms with E-state index in [1.54, 1.807) is 13.2 Å². The molecule has 0 saturated carbocycles. The molecule has 9 nitrogen and oxygen atoms in total. The third-order valence-corrected chi connectivity index (χ3v) is 6.48. The summed E-state index contributed by atoms with van der Waals surface area (Å²) in [5.41, 5.74) is 3.35. The van der Waals surface area contributed by atoms with Crippen molar-refractivity contribution in [2.75, 3.05) is 50.5 Å². The molecule has 0 aliphatic carbocycles. The molecule has 5 rings (SSSR count). The van der Waals surface area contributed by atoms with E-state index < -0.39 is 0 Å². The smallest absolute Gasteiger partial charge is 0.261 e. The van der Waals surface area contributed by atoms with E-state index in [2.05, 4.69) is 49.6 Å². The van der Waals surface area contributed by atoms with Gasteiger partial charge in [0.2, 0.25) is 5.95 Å². The molecule has 1 fully saturated rings. The fourth-order valence-electron chi connectivity index (χ4n) is 4.38. The number of fused-ring (bicyclic) bond motifs is 1. The Labute approximate surface area is 209 Å². The van der Waals surface area contributed by atoms with E-state index >= 15 is 0 Å². The van der Waals surface area contributed by atoms with E-state index in [9.17, 15) is 9.59 Å². The van der Waals surface area contributed by atoms with Crippen LogP contribution in [-0.4, -0.2) is 65.6 Å². The molecule has 0 bridgehead atoms. The van der Waals surface area contributed by atoms with Gasteiger partial charge in [-0.1, -0.05) is 30.3 Å². The summed E-state index contributed by atoms with van der Waals surface area (Å²) in [6.07, 6.45) is 3.05. The van der Waals surface area contributed by atoms with Crippen LogP contribution in [0.3, 0.4) is 0 Å². The zero-order chi connectivity index (χ0) is 25.1. The molecule has 4 aromatic rings. The van der Waals surface area contributed by atoms with Crippen molar-refractivity contribution in [3.05, 3.63) is 88.5 Å². The second-order valence-electron chi connectivity index (χ2n) is 8.96. The molecule has 2 N–H and O–H groups in total. The van der Waals surface area contributed by atoms with Crippen LogP contribution in [-0.2, 0) is 6.54 Å². The van der Waals surface area contributed by atoms with E-state index in [-0.39, 0.29) is 11.5 Å². The Morgan fingerprint density at radius 1 is 1.00 bits per heavy atom. The number of nitrogens with zero attached hydrogens (tertiary/aromatic N) is 5. The number of anilines is 3. The van der Waals surface area contributed by atoms with Crippen LogP contribution in [0.4, 0.5) is 17.3 Å². The SMILES string of the molecule is CNC(=O)c1cn(Cc2ccccc2)c(=O)c2cnc(Nc3ccc(N4CCN(C)CC4)cc3)nc12. The highest BCUT2D eigenvalue weighted by Gasteiger charge is 2.18. The number of benzene rings is 2. The van der Waals surface area contributed by atoms with E-state index in [1.165, 1.54) is 16.5 Å². The van der Waals surface area contributed by atoms with Gasteiger partial charge in [0.15, 0.2) is 0 Å². The first-order valence-electron chi connectivity index (χ1n) is 12.0. The van der Waals surface area contributed by atoms with Crippen molar-refractivity contribution in [2.45, 2.75) is 6.54 Å². The number of amides is 1. The predicted octanol–water partition coefficient (Wildman–Crippen LogP) is 2.69. The van der Waals surface area contributed by atoms with E-state index in [4.69, 9.17) is 0 Å². The van der Waals surface area contributed by atoms with Gasteiger partial charge in [0, 0.05) is 57.0 Å². The van der Waals surface area contributed by atoms with Gasteiger partial charge in [0.05, 0.1) is 23.0 Å². The molecule has 0 atom stereocenters. The molecule has 1 aliphatic rings. The Bertz CT molecular complexity index is 1430. The van der Waals surface area contributed by atoms with Crippen molar-refractivity contribution in [2.24, 2.45) is 0 Å². The van der Waals surface area contributed by atoms with Crippen molar-refractivity contribution in [1.29, 1.82) is 0 Å². The maximum Gasteiger partial charge on any atom is 0.261 e. The Kier molecular flexibility index (Phi) is 6.64. The topological polar surface area (TPSA) is 95.4 Å². The van der Waals surface area contributed by atoms with Gasteiger partial charge >= 0.3 is 0 Å². The van der Waals surface area contributed by atoms with Crippen LogP contribution in [0.5, 0.6) is 0 Å². The number of rotatable bonds is 6. The predicted molar refractivity (Wildman–Crippen MR) is 142 cm³/mol. The summed E-state index contributed by atoms with van der Waals surface area (Å²) in [5, 5.41) is 6.15. The highest BCUT2D eigenvalue weighted by molar-refractivity contribution is 6.05. The van der Waals surface area contributed by atoms with Gasteiger partial charge in [-0.3, -0.25) is 9.59 Å².